The van der Waals surface area contributed by atoms with E-state index in [9.17, 15) is 0 Å². The fourth-order valence-electron chi connectivity index (χ4n) is 2.01. The molecule has 1 aromatic rings. The molecular formula is C14H28N6O. The number of likely N-dealkylation sites (N-methyl/N-ethyl adjacent to an activating group) is 1. The van der Waals surface area contributed by atoms with Crippen molar-refractivity contribution in [2.75, 3.05) is 47.4 Å². The molecule has 0 spiro atoms. The Morgan fingerprint density at radius 3 is 2.76 bits per heavy atom. The molecule has 0 aliphatic rings. The van der Waals surface area contributed by atoms with E-state index in [4.69, 9.17) is 4.74 Å². The van der Waals surface area contributed by atoms with E-state index in [0.29, 0.717) is 6.61 Å². The molecule has 7 nitrogen and oxygen atoms in total. The molecule has 120 valence electrons. The summed E-state index contributed by atoms with van der Waals surface area (Å²) in [5.74, 6) is 0.783. The molecule has 0 bridgehead atoms. The van der Waals surface area contributed by atoms with E-state index >= 15 is 0 Å². The van der Waals surface area contributed by atoms with E-state index in [0.717, 1.165) is 25.7 Å². The summed E-state index contributed by atoms with van der Waals surface area (Å²) >= 11 is 0. The first-order valence-electron chi connectivity index (χ1n) is 7.25. The molecule has 1 unspecified atom stereocenters. The third-order valence-corrected chi connectivity index (χ3v) is 3.16. The maximum Gasteiger partial charge on any atom is 0.191 e. The van der Waals surface area contributed by atoms with Gasteiger partial charge in [-0.25, -0.2) is 0 Å². The molecule has 0 aliphatic carbocycles. The van der Waals surface area contributed by atoms with Crippen LogP contribution in [-0.4, -0.2) is 68.1 Å². The van der Waals surface area contributed by atoms with Crippen LogP contribution in [0.2, 0.25) is 0 Å². The highest BCUT2D eigenvalue weighted by molar-refractivity contribution is 5.79. The zero-order valence-electron chi connectivity index (χ0n) is 13.8. The van der Waals surface area contributed by atoms with Gasteiger partial charge in [-0.2, -0.15) is 5.10 Å². The van der Waals surface area contributed by atoms with Gasteiger partial charge in [-0.1, -0.05) is 0 Å². The number of nitrogens with zero attached hydrogens (tertiary/aromatic N) is 4. The quantitative estimate of drug-likeness (QED) is 0.408. The molecular weight excluding hydrogens is 268 g/mol. The van der Waals surface area contributed by atoms with Crippen LogP contribution in [0.3, 0.4) is 0 Å². The van der Waals surface area contributed by atoms with Gasteiger partial charge < -0.3 is 20.3 Å². The van der Waals surface area contributed by atoms with E-state index in [1.54, 1.807) is 7.05 Å². The molecule has 1 rings (SSSR count). The lowest BCUT2D eigenvalue weighted by Crippen LogP contribution is -2.42. The van der Waals surface area contributed by atoms with Gasteiger partial charge in [0.25, 0.3) is 0 Å². The molecule has 1 heterocycles. The number of aliphatic imine (C=N–C) groups is 1. The third kappa shape index (κ3) is 6.14. The second-order valence-corrected chi connectivity index (χ2v) is 5.00. The van der Waals surface area contributed by atoms with Crippen LogP contribution in [0.15, 0.2) is 17.4 Å². The van der Waals surface area contributed by atoms with Crippen molar-refractivity contribution in [2.24, 2.45) is 12.0 Å². The molecule has 0 amide bonds. The van der Waals surface area contributed by atoms with Gasteiger partial charge in [0, 0.05) is 45.6 Å². The first-order valence-corrected chi connectivity index (χ1v) is 7.25. The minimum absolute atomic E-state index is 0.240. The minimum Gasteiger partial charge on any atom is -0.380 e. The summed E-state index contributed by atoms with van der Waals surface area (Å²) < 4.78 is 7.12. The lowest BCUT2D eigenvalue weighted by atomic mass is 10.1. The molecule has 0 radical (unpaired) electrons. The molecule has 1 atom stereocenters. The number of ether oxygens (including phenoxy) is 1. The number of nitrogens with one attached hydrogen (secondary N) is 2. The standard InChI is InChI=1S/C14H28N6O/c1-6-21-8-7-16-14(15-2)17-10-13(19(3)4)12-9-18-20(5)11-12/h9,11,13H,6-8,10H2,1-5H3,(H2,15,16,17). The van der Waals surface area contributed by atoms with Crippen molar-refractivity contribution in [2.45, 2.75) is 13.0 Å². The van der Waals surface area contributed by atoms with Gasteiger partial charge in [-0.3, -0.25) is 9.67 Å². The fraction of sp³-hybridized carbons (Fsp3) is 0.714. The molecule has 0 saturated heterocycles. The Morgan fingerprint density at radius 2 is 2.24 bits per heavy atom. The predicted molar refractivity (Wildman–Crippen MR) is 85.5 cm³/mol. The van der Waals surface area contributed by atoms with Crippen molar-refractivity contribution >= 4 is 5.96 Å². The van der Waals surface area contributed by atoms with Gasteiger partial charge in [0.1, 0.15) is 0 Å². The zero-order valence-corrected chi connectivity index (χ0v) is 13.8. The molecule has 0 aliphatic heterocycles. The van der Waals surface area contributed by atoms with Gasteiger partial charge in [-0.15, -0.1) is 0 Å². The summed E-state index contributed by atoms with van der Waals surface area (Å²) in [4.78, 5) is 6.38. The molecule has 7 heteroatoms. The highest BCUT2D eigenvalue weighted by atomic mass is 16.5. The lowest BCUT2D eigenvalue weighted by Gasteiger charge is -2.24. The molecule has 21 heavy (non-hydrogen) atoms. The Morgan fingerprint density at radius 1 is 1.48 bits per heavy atom. The highest BCUT2D eigenvalue weighted by Crippen LogP contribution is 2.15. The van der Waals surface area contributed by atoms with Crippen molar-refractivity contribution in [3.05, 3.63) is 18.0 Å². The van der Waals surface area contributed by atoms with Gasteiger partial charge >= 0.3 is 0 Å². The summed E-state index contributed by atoms with van der Waals surface area (Å²) in [6.45, 7) is 4.90. The summed E-state index contributed by atoms with van der Waals surface area (Å²) in [6, 6.07) is 0.240. The van der Waals surface area contributed by atoms with Gasteiger partial charge in [0.2, 0.25) is 0 Å². The van der Waals surface area contributed by atoms with Crippen molar-refractivity contribution in [3.8, 4) is 0 Å². The largest absolute Gasteiger partial charge is 0.380 e. The van der Waals surface area contributed by atoms with Crippen LogP contribution in [-0.2, 0) is 11.8 Å². The van der Waals surface area contributed by atoms with Crippen molar-refractivity contribution in [1.82, 2.24) is 25.3 Å². The second-order valence-electron chi connectivity index (χ2n) is 5.00. The third-order valence-electron chi connectivity index (χ3n) is 3.16. The number of guanidine groups is 1. The van der Waals surface area contributed by atoms with Crippen LogP contribution in [0.5, 0.6) is 0 Å². The second kappa shape index (κ2) is 9.36. The Labute approximate surface area is 127 Å². The first-order chi connectivity index (χ1) is 10.1. The average Bonchev–Trinajstić information content (AvgIpc) is 2.87. The van der Waals surface area contributed by atoms with Crippen LogP contribution < -0.4 is 10.6 Å². The first kappa shape index (κ1) is 17.5. The minimum atomic E-state index is 0.240. The Kier molecular flexibility index (Phi) is 7.78. The Hall–Kier alpha value is -1.60. The number of hydrogen-bond acceptors (Lipinski definition) is 4. The number of hydrogen-bond donors (Lipinski definition) is 2. The van der Waals surface area contributed by atoms with Crippen LogP contribution >= 0.6 is 0 Å². The maximum atomic E-state index is 5.30. The van der Waals surface area contributed by atoms with E-state index in [2.05, 4.69) is 39.7 Å². The van der Waals surface area contributed by atoms with Crippen LogP contribution in [0.25, 0.3) is 0 Å². The Bertz CT molecular complexity index is 429. The molecule has 0 saturated carbocycles. The summed E-state index contributed by atoms with van der Waals surface area (Å²) in [5, 5.41) is 10.8. The highest BCUT2D eigenvalue weighted by Gasteiger charge is 2.16. The average molecular weight is 296 g/mol. The molecule has 0 aromatic carbocycles. The van der Waals surface area contributed by atoms with E-state index < -0.39 is 0 Å². The number of aromatic nitrogens is 2. The summed E-state index contributed by atoms with van der Waals surface area (Å²) in [7, 11) is 7.82. The van der Waals surface area contributed by atoms with Crippen molar-refractivity contribution < 1.29 is 4.74 Å². The van der Waals surface area contributed by atoms with Crippen LogP contribution in [0, 0.1) is 0 Å². The molecule has 1 aromatic heterocycles. The number of rotatable bonds is 8. The number of aryl methyl sites for hydroxylation is 1. The van der Waals surface area contributed by atoms with Gasteiger partial charge in [0.15, 0.2) is 5.96 Å². The van der Waals surface area contributed by atoms with E-state index in [1.165, 1.54) is 5.56 Å². The Balaban J connectivity index is 2.48. The monoisotopic (exact) mass is 296 g/mol. The SMILES string of the molecule is CCOCCNC(=NC)NCC(c1cnn(C)c1)N(C)C. The smallest absolute Gasteiger partial charge is 0.191 e. The van der Waals surface area contributed by atoms with Crippen LogP contribution in [0.4, 0.5) is 0 Å². The predicted octanol–water partition coefficient (Wildman–Crippen LogP) is 0.224. The molecule has 0 fully saturated rings. The zero-order chi connectivity index (χ0) is 15.7. The topological polar surface area (TPSA) is 66.7 Å². The molecule has 2 N–H and O–H groups in total. The summed E-state index contributed by atoms with van der Waals surface area (Å²) in [5.41, 5.74) is 1.18. The summed E-state index contributed by atoms with van der Waals surface area (Å²) in [6.07, 6.45) is 3.94. The normalized spacial score (nSPS) is 13.5. The van der Waals surface area contributed by atoms with E-state index in [1.807, 2.05) is 31.0 Å². The maximum absolute atomic E-state index is 5.30. The van der Waals surface area contributed by atoms with Crippen molar-refractivity contribution in [1.29, 1.82) is 0 Å². The lowest BCUT2D eigenvalue weighted by molar-refractivity contribution is 0.152. The van der Waals surface area contributed by atoms with Gasteiger partial charge in [0.05, 0.1) is 18.8 Å². The fourth-order valence-corrected chi connectivity index (χ4v) is 2.01. The van der Waals surface area contributed by atoms with Crippen molar-refractivity contribution in [3.63, 3.8) is 0 Å². The van der Waals surface area contributed by atoms with E-state index in [-0.39, 0.29) is 6.04 Å². The van der Waals surface area contributed by atoms with Crippen LogP contribution in [0.1, 0.15) is 18.5 Å². The van der Waals surface area contributed by atoms with Gasteiger partial charge in [-0.05, 0) is 21.0 Å².